The second kappa shape index (κ2) is 6.36. The van der Waals surface area contributed by atoms with E-state index in [0.717, 1.165) is 17.1 Å². The van der Waals surface area contributed by atoms with E-state index in [0.29, 0.717) is 13.2 Å². The summed E-state index contributed by atoms with van der Waals surface area (Å²) in [6.07, 6.45) is 0. The fourth-order valence-electron chi connectivity index (χ4n) is 1.51. The Balaban J connectivity index is 2.45. The molecule has 17 heavy (non-hydrogen) atoms. The van der Waals surface area contributed by atoms with E-state index in [1.54, 1.807) is 11.8 Å². The number of methoxy groups -OCH3 is 1. The van der Waals surface area contributed by atoms with Crippen LogP contribution >= 0.6 is 0 Å². The molecule has 0 aliphatic carbocycles. The van der Waals surface area contributed by atoms with Crippen molar-refractivity contribution in [2.45, 2.75) is 13.8 Å². The number of hydrogen-bond acceptors (Lipinski definition) is 4. The van der Waals surface area contributed by atoms with E-state index in [1.165, 1.54) is 0 Å². The van der Waals surface area contributed by atoms with Crippen molar-refractivity contribution in [3.05, 3.63) is 11.4 Å². The summed E-state index contributed by atoms with van der Waals surface area (Å²) in [7, 11) is 3.49. The molecule has 0 unspecified atom stereocenters. The van der Waals surface area contributed by atoms with Crippen LogP contribution < -0.4 is 10.6 Å². The normalized spacial score (nSPS) is 10.6. The van der Waals surface area contributed by atoms with E-state index >= 15 is 0 Å². The fourth-order valence-corrected chi connectivity index (χ4v) is 1.51. The van der Waals surface area contributed by atoms with Crippen LogP contribution in [0.1, 0.15) is 11.4 Å². The Bertz CT molecular complexity index is 387. The number of nitrogens with zero attached hydrogens (tertiary/aromatic N) is 2. The monoisotopic (exact) mass is 240 g/mol. The van der Waals surface area contributed by atoms with Crippen molar-refractivity contribution in [1.29, 1.82) is 0 Å². The molecule has 0 spiro atoms. The predicted octanol–water partition coefficient (Wildman–Crippen LogP) is 0.211. The van der Waals surface area contributed by atoms with E-state index in [4.69, 9.17) is 4.74 Å². The van der Waals surface area contributed by atoms with Gasteiger partial charge in [0.25, 0.3) is 0 Å². The van der Waals surface area contributed by atoms with Gasteiger partial charge in [-0.25, -0.2) is 0 Å². The molecule has 6 nitrogen and oxygen atoms in total. The molecule has 1 aromatic rings. The lowest BCUT2D eigenvalue weighted by atomic mass is 10.3. The van der Waals surface area contributed by atoms with Crippen molar-refractivity contribution in [2.24, 2.45) is 7.05 Å². The molecule has 0 bridgehead atoms. The molecule has 0 atom stereocenters. The summed E-state index contributed by atoms with van der Waals surface area (Å²) in [5.41, 5.74) is 2.58. The van der Waals surface area contributed by atoms with Crippen LogP contribution in [0.4, 0.5) is 5.69 Å². The summed E-state index contributed by atoms with van der Waals surface area (Å²) in [5.74, 6) is -0.0692. The van der Waals surface area contributed by atoms with Gasteiger partial charge in [0.2, 0.25) is 5.91 Å². The number of amides is 1. The fraction of sp³-hybridized carbons (Fsp3) is 0.636. The zero-order chi connectivity index (χ0) is 12.8. The number of nitrogens with one attached hydrogen (secondary N) is 2. The summed E-state index contributed by atoms with van der Waals surface area (Å²) in [4.78, 5) is 11.6. The minimum absolute atomic E-state index is 0.0692. The topological polar surface area (TPSA) is 68.2 Å². The van der Waals surface area contributed by atoms with Crippen LogP contribution in [-0.2, 0) is 16.6 Å². The Labute approximate surface area is 101 Å². The quantitative estimate of drug-likeness (QED) is 0.698. The highest BCUT2D eigenvalue weighted by Gasteiger charge is 2.11. The third kappa shape index (κ3) is 3.83. The van der Waals surface area contributed by atoms with Crippen molar-refractivity contribution in [3.8, 4) is 0 Å². The van der Waals surface area contributed by atoms with Crippen molar-refractivity contribution in [1.82, 2.24) is 15.1 Å². The number of aromatic nitrogens is 2. The van der Waals surface area contributed by atoms with Crippen LogP contribution in [0.15, 0.2) is 0 Å². The predicted molar refractivity (Wildman–Crippen MR) is 66.1 cm³/mol. The van der Waals surface area contributed by atoms with E-state index in [9.17, 15) is 4.79 Å². The molecule has 0 fully saturated rings. The van der Waals surface area contributed by atoms with Crippen LogP contribution in [-0.4, -0.2) is 42.5 Å². The summed E-state index contributed by atoms with van der Waals surface area (Å²) < 4.78 is 6.63. The number of hydrogen-bond donors (Lipinski definition) is 2. The summed E-state index contributed by atoms with van der Waals surface area (Å²) in [6.45, 7) is 5.33. The SMILES string of the molecule is COCCNCC(=O)Nc1c(C)nn(C)c1C. The van der Waals surface area contributed by atoms with Gasteiger partial charge in [-0.15, -0.1) is 0 Å². The lowest BCUT2D eigenvalue weighted by Crippen LogP contribution is -2.30. The average Bonchev–Trinajstić information content (AvgIpc) is 2.52. The molecule has 2 N–H and O–H groups in total. The van der Waals surface area contributed by atoms with Gasteiger partial charge in [0.15, 0.2) is 0 Å². The Morgan fingerprint density at radius 2 is 2.18 bits per heavy atom. The second-order valence-electron chi connectivity index (χ2n) is 3.89. The van der Waals surface area contributed by atoms with Gasteiger partial charge in [0.05, 0.1) is 30.2 Å². The Hall–Kier alpha value is -1.40. The number of carbonyl (C=O) groups is 1. The summed E-state index contributed by atoms with van der Waals surface area (Å²) in [6, 6.07) is 0. The summed E-state index contributed by atoms with van der Waals surface area (Å²) >= 11 is 0. The van der Waals surface area contributed by atoms with Gasteiger partial charge in [0, 0.05) is 20.7 Å². The molecule has 1 amide bonds. The maximum absolute atomic E-state index is 11.6. The number of rotatable bonds is 6. The lowest BCUT2D eigenvalue weighted by Gasteiger charge is -2.06. The Morgan fingerprint density at radius 1 is 1.47 bits per heavy atom. The second-order valence-corrected chi connectivity index (χ2v) is 3.89. The van der Waals surface area contributed by atoms with E-state index in [-0.39, 0.29) is 12.5 Å². The van der Waals surface area contributed by atoms with E-state index in [1.807, 2.05) is 20.9 Å². The number of carbonyl (C=O) groups excluding carboxylic acids is 1. The highest BCUT2D eigenvalue weighted by molar-refractivity contribution is 5.93. The smallest absolute Gasteiger partial charge is 0.238 e. The molecule has 1 rings (SSSR count). The molecular weight excluding hydrogens is 220 g/mol. The first-order chi connectivity index (χ1) is 8.06. The third-order valence-electron chi connectivity index (χ3n) is 2.54. The highest BCUT2D eigenvalue weighted by Crippen LogP contribution is 2.17. The van der Waals surface area contributed by atoms with Crippen LogP contribution in [0, 0.1) is 13.8 Å². The van der Waals surface area contributed by atoms with Gasteiger partial charge in [0.1, 0.15) is 0 Å². The minimum atomic E-state index is -0.0692. The van der Waals surface area contributed by atoms with Gasteiger partial charge < -0.3 is 15.4 Å². The molecule has 1 heterocycles. The maximum atomic E-state index is 11.6. The molecule has 0 saturated carbocycles. The van der Waals surface area contributed by atoms with Crippen molar-refractivity contribution >= 4 is 11.6 Å². The maximum Gasteiger partial charge on any atom is 0.238 e. The molecule has 96 valence electrons. The van der Waals surface area contributed by atoms with Gasteiger partial charge in [-0.1, -0.05) is 0 Å². The average molecular weight is 240 g/mol. The third-order valence-corrected chi connectivity index (χ3v) is 2.54. The number of aryl methyl sites for hydroxylation is 2. The Morgan fingerprint density at radius 3 is 2.71 bits per heavy atom. The van der Waals surface area contributed by atoms with Crippen LogP contribution in [0.2, 0.25) is 0 Å². The first-order valence-electron chi connectivity index (χ1n) is 5.56. The first kappa shape index (κ1) is 13.7. The molecule has 0 aliphatic rings. The largest absolute Gasteiger partial charge is 0.383 e. The van der Waals surface area contributed by atoms with Gasteiger partial charge in [-0.2, -0.15) is 5.10 Å². The van der Waals surface area contributed by atoms with Crippen LogP contribution in [0.3, 0.4) is 0 Å². The summed E-state index contributed by atoms with van der Waals surface area (Å²) in [5, 5.41) is 10.1. The zero-order valence-electron chi connectivity index (χ0n) is 10.8. The molecule has 0 saturated heterocycles. The van der Waals surface area contributed by atoms with Crippen molar-refractivity contribution in [2.75, 3.05) is 32.1 Å². The van der Waals surface area contributed by atoms with E-state index in [2.05, 4.69) is 15.7 Å². The number of ether oxygens (including phenoxy) is 1. The van der Waals surface area contributed by atoms with Gasteiger partial charge >= 0.3 is 0 Å². The first-order valence-corrected chi connectivity index (χ1v) is 5.56. The van der Waals surface area contributed by atoms with Gasteiger partial charge in [-0.05, 0) is 13.8 Å². The number of anilines is 1. The molecule has 0 aromatic carbocycles. The zero-order valence-corrected chi connectivity index (χ0v) is 10.8. The van der Waals surface area contributed by atoms with Gasteiger partial charge in [-0.3, -0.25) is 9.48 Å². The molecule has 0 radical (unpaired) electrons. The Kier molecular flexibility index (Phi) is 5.11. The molecule has 1 aromatic heterocycles. The molecule has 0 aliphatic heterocycles. The van der Waals surface area contributed by atoms with Crippen molar-refractivity contribution < 1.29 is 9.53 Å². The molecular formula is C11H20N4O2. The molecule has 6 heteroatoms. The van der Waals surface area contributed by atoms with Crippen molar-refractivity contribution in [3.63, 3.8) is 0 Å². The minimum Gasteiger partial charge on any atom is -0.383 e. The van der Waals surface area contributed by atoms with Crippen LogP contribution in [0.5, 0.6) is 0 Å². The van der Waals surface area contributed by atoms with Crippen LogP contribution in [0.25, 0.3) is 0 Å². The highest BCUT2D eigenvalue weighted by atomic mass is 16.5. The lowest BCUT2D eigenvalue weighted by molar-refractivity contribution is -0.115. The van der Waals surface area contributed by atoms with E-state index < -0.39 is 0 Å². The standard InChI is InChI=1S/C11H20N4O2/c1-8-11(9(2)15(3)14-8)13-10(16)7-12-5-6-17-4/h12H,5-7H2,1-4H3,(H,13,16).